The molecule has 0 spiro atoms. The van der Waals surface area contributed by atoms with Crippen LogP contribution >= 0.6 is 0 Å². The summed E-state index contributed by atoms with van der Waals surface area (Å²) in [6.45, 7) is 0. The molecule has 1 atom stereocenters. The van der Waals surface area contributed by atoms with Crippen molar-refractivity contribution in [3.63, 3.8) is 0 Å². The van der Waals surface area contributed by atoms with Crippen LogP contribution in [0.4, 0.5) is 17.1 Å². The van der Waals surface area contributed by atoms with E-state index in [1.807, 2.05) is 0 Å². The summed E-state index contributed by atoms with van der Waals surface area (Å²) in [7, 11) is 0. The third-order valence-corrected chi connectivity index (χ3v) is 11.2. The van der Waals surface area contributed by atoms with E-state index in [0.29, 0.717) is 0 Å². The minimum Gasteiger partial charge on any atom is -0.309 e. The van der Waals surface area contributed by atoms with Crippen LogP contribution in [0, 0.1) is 0 Å². The number of aromatic nitrogens is 1. The summed E-state index contributed by atoms with van der Waals surface area (Å²) in [6, 6.07) is 60.2. The molecule has 0 bridgehead atoms. The Hall–Kier alpha value is -6.77. The van der Waals surface area contributed by atoms with Crippen LogP contribution in [0.15, 0.2) is 188 Å². The van der Waals surface area contributed by atoms with Gasteiger partial charge in [0.15, 0.2) is 0 Å². The highest BCUT2D eigenvalue weighted by Crippen LogP contribution is 2.51. The number of pyridine rings is 1. The lowest BCUT2D eigenvalue weighted by Gasteiger charge is -2.33. The Kier molecular flexibility index (Phi) is 6.72. The standard InChI is InChI=1S/C51H34N2/c1-2-13-33(14-3-1)47-32-38-18-12-26-49-50(38)51(52-47)45-24-8-9-25-48(45)53(49)39-19-11-17-36(30-39)34-15-10-16-35(29-34)37-27-28-44-42-22-5-4-20-40(42)41-21-6-7-23-43(41)46(44)31-37/h1-13,15-33H,14H2. The van der Waals surface area contributed by atoms with Gasteiger partial charge >= 0.3 is 0 Å². The van der Waals surface area contributed by atoms with Crippen molar-refractivity contribution >= 4 is 60.2 Å². The Morgan fingerprint density at radius 3 is 1.85 bits per heavy atom. The van der Waals surface area contributed by atoms with Crippen molar-refractivity contribution < 1.29 is 0 Å². The van der Waals surface area contributed by atoms with E-state index in [0.717, 1.165) is 40.4 Å². The van der Waals surface area contributed by atoms with Gasteiger partial charge in [0.25, 0.3) is 0 Å². The zero-order valence-corrected chi connectivity index (χ0v) is 29.1. The number of benzene rings is 8. The highest BCUT2D eigenvalue weighted by atomic mass is 15.2. The summed E-state index contributed by atoms with van der Waals surface area (Å²) in [5.41, 5.74) is 11.6. The molecule has 0 amide bonds. The van der Waals surface area contributed by atoms with Gasteiger partial charge in [0, 0.05) is 28.2 Å². The molecule has 1 unspecified atom stereocenters. The minimum absolute atomic E-state index is 0.288. The average molecular weight is 675 g/mol. The quantitative estimate of drug-likeness (QED) is 0.173. The van der Waals surface area contributed by atoms with E-state index in [-0.39, 0.29) is 5.92 Å². The van der Waals surface area contributed by atoms with E-state index in [1.54, 1.807) is 0 Å². The third kappa shape index (κ3) is 4.76. The number of rotatable bonds is 4. The van der Waals surface area contributed by atoms with Crippen molar-refractivity contribution in [1.82, 2.24) is 4.98 Å². The molecule has 0 fully saturated rings. The lowest BCUT2D eigenvalue weighted by molar-refractivity contribution is 0.820. The predicted octanol–water partition coefficient (Wildman–Crippen LogP) is 14.1. The van der Waals surface area contributed by atoms with Gasteiger partial charge in [0.1, 0.15) is 0 Å². The zero-order chi connectivity index (χ0) is 34.9. The van der Waals surface area contributed by atoms with Crippen LogP contribution in [0.3, 0.4) is 0 Å². The number of para-hydroxylation sites is 1. The molecular weight excluding hydrogens is 641 g/mol. The number of hydrogen-bond acceptors (Lipinski definition) is 2. The molecule has 2 aliphatic rings. The van der Waals surface area contributed by atoms with Crippen molar-refractivity contribution in [2.24, 2.45) is 0 Å². The summed E-state index contributed by atoms with van der Waals surface area (Å²) in [5.74, 6) is 0.288. The Bertz CT molecular complexity index is 2970. The van der Waals surface area contributed by atoms with Gasteiger partial charge in [-0.3, -0.25) is 4.98 Å². The van der Waals surface area contributed by atoms with Gasteiger partial charge in [-0.25, -0.2) is 0 Å². The molecular formula is C51H34N2. The molecule has 0 saturated heterocycles. The van der Waals surface area contributed by atoms with Crippen molar-refractivity contribution in [3.8, 4) is 33.5 Å². The van der Waals surface area contributed by atoms with Crippen LogP contribution in [-0.4, -0.2) is 4.98 Å². The van der Waals surface area contributed by atoms with Crippen LogP contribution in [0.1, 0.15) is 18.0 Å². The van der Waals surface area contributed by atoms with Crippen molar-refractivity contribution in [1.29, 1.82) is 0 Å². The molecule has 2 nitrogen and oxygen atoms in total. The van der Waals surface area contributed by atoms with Gasteiger partial charge in [-0.15, -0.1) is 0 Å². The number of allylic oxidation sites excluding steroid dienone is 4. The Morgan fingerprint density at radius 2 is 1.09 bits per heavy atom. The zero-order valence-electron chi connectivity index (χ0n) is 29.1. The largest absolute Gasteiger partial charge is 0.309 e. The molecule has 1 aromatic heterocycles. The van der Waals surface area contributed by atoms with Gasteiger partial charge < -0.3 is 4.90 Å². The van der Waals surface area contributed by atoms with Crippen LogP contribution < -0.4 is 4.90 Å². The monoisotopic (exact) mass is 674 g/mol. The second-order valence-corrected chi connectivity index (χ2v) is 14.3. The molecule has 2 heterocycles. The smallest absolute Gasteiger partial charge is 0.0826 e. The fraction of sp³-hybridized carbons (Fsp3) is 0.0392. The first-order valence-electron chi connectivity index (χ1n) is 18.5. The van der Waals surface area contributed by atoms with Crippen molar-refractivity contribution in [2.75, 3.05) is 4.90 Å². The van der Waals surface area contributed by atoms with Crippen LogP contribution in [0.5, 0.6) is 0 Å². The highest BCUT2D eigenvalue weighted by molar-refractivity contribution is 6.25. The summed E-state index contributed by atoms with van der Waals surface area (Å²) >= 11 is 0. The summed E-state index contributed by atoms with van der Waals surface area (Å²) in [5, 5.41) is 10.2. The second kappa shape index (κ2) is 11.9. The molecule has 11 rings (SSSR count). The molecule has 0 N–H and O–H groups in total. The van der Waals surface area contributed by atoms with Gasteiger partial charge in [-0.1, -0.05) is 146 Å². The van der Waals surface area contributed by atoms with Gasteiger partial charge in [0.2, 0.25) is 0 Å². The van der Waals surface area contributed by atoms with Crippen LogP contribution in [0.2, 0.25) is 0 Å². The molecule has 1 aliphatic heterocycles. The molecule has 0 saturated carbocycles. The first-order chi connectivity index (χ1) is 26.3. The van der Waals surface area contributed by atoms with Crippen LogP contribution in [-0.2, 0) is 0 Å². The van der Waals surface area contributed by atoms with Gasteiger partial charge in [-0.05, 0) is 109 Å². The predicted molar refractivity (Wildman–Crippen MR) is 224 cm³/mol. The minimum atomic E-state index is 0.288. The highest BCUT2D eigenvalue weighted by Gasteiger charge is 2.28. The fourth-order valence-electron chi connectivity index (χ4n) is 8.75. The van der Waals surface area contributed by atoms with E-state index in [1.165, 1.54) is 65.3 Å². The Morgan fingerprint density at radius 1 is 0.472 bits per heavy atom. The number of hydrogen-bond donors (Lipinski definition) is 0. The average Bonchev–Trinajstić information content (AvgIpc) is 3.24. The molecule has 248 valence electrons. The van der Waals surface area contributed by atoms with E-state index in [4.69, 9.17) is 4.98 Å². The first-order valence-corrected chi connectivity index (χ1v) is 18.5. The molecule has 2 heteroatoms. The summed E-state index contributed by atoms with van der Waals surface area (Å²) < 4.78 is 0. The second-order valence-electron chi connectivity index (χ2n) is 14.3. The van der Waals surface area contributed by atoms with E-state index >= 15 is 0 Å². The maximum atomic E-state index is 5.37. The van der Waals surface area contributed by atoms with E-state index in [9.17, 15) is 0 Å². The van der Waals surface area contributed by atoms with Crippen molar-refractivity contribution in [3.05, 3.63) is 194 Å². The summed E-state index contributed by atoms with van der Waals surface area (Å²) in [6.07, 6.45) is 9.76. The molecule has 0 radical (unpaired) electrons. The summed E-state index contributed by atoms with van der Waals surface area (Å²) in [4.78, 5) is 7.78. The third-order valence-electron chi connectivity index (χ3n) is 11.2. The lowest BCUT2D eigenvalue weighted by Crippen LogP contribution is -2.16. The topological polar surface area (TPSA) is 16.1 Å². The Labute approximate surface area is 308 Å². The van der Waals surface area contributed by atoms with Crippen molar-refractivity contribution in [2.45, 2.75) is 12.3 Å². The fourth-order valence-corrected chi connectivity index (χ4v) is 8.75. The first kappa shape index (κ1) is 29.9. The molecule has 1 aliphatic carbocycles. The molecule has 53 heavy (non-hydrogen) atoms. The van der Waals surface area contributed by atoms with E-state index in [2.05, 4.69) is 193 Å². The number of fused-ring (bicyclic) bond motifs is 8. The normalized spacial score (nSPS) is 14.7. The van der Waals surface area contributed by atoms with Gasteiger partial charge in [0.05, 0.1) is 17.1 Å². The number of anilines is 3. The van der Waals surface area contributed by atoms with E-state index < -0.39 is 0 Å². The maximum Gasteiger partial charge on any atom is 0.0826 e. The molecule has 9 aromatic rings. The SMILES string of the molecule is C1=CCC(c2cc3cccc4c3c(n2)-c2ccccc2N4c2cccc(-c3cccc(-c4ccc5c6ccccc6c6ccccc6c5c4)c3)c2)C=C1. The Balaban J connectivity index is 1.02. The maximum absolute atomic E-state index is 5.37. The molecule has 8 aromatic carbocycles. The van der Waals surface area contributed by atoms with Crippen LogP contribution in [0.25, 0.3) is 76.6 Å². The number of nitrogens with zero attached hydrogens (tertiary/aromatic N) is 2. The lowest BCUT2D eigenvalue weighted by atomic mass is 9.90. The van der Waals surface area contributed by atoms with Gasteiger partial charge in [-0.2, -0.15) is 0 Å².